The first kappa shape index (κ1) is 20.9. The Morgan fingerprint density at radius 3 is 2.14 bits per heavy atom. The highest BCUT2D eigenvalue weighted by Crippen LogP contribution is 2.05. The van der Waals surface area contributed by atoms with Crippen LogP contribution in [0.1, 0.15) is 36.5 Å². The third-order valence-corrected chi connectivity index (χ3v) is 4.12. The van der Waals surface area contributed by atoms with Gasteiger partial charge in [0.2, 0.25) is 5.91 Å². The average molecular weight is 382 g/mol. The smallest absolute Gasteiger partial charge is 0.315 e. The van der Waals surface area contributed by atoms with Gasteiger partial charge in [0.15, 0.2) is 0 Å². The Hall–Kier alpha value is -3.40. The summed E-state index contributed by atoms with van der Waals surface area (Å²) in [6.45, 7) is 2.47. The molecule has 0 saturated carbocycles. The quantitative estimate of drug-likeness (QED) is 0.655. The number of benzene rings is 2. The SMILES string of the molecule is CCCC(NC(=O)NCc1ccc(F)cc1)C(=O)NCc1ccc(C#N)cc1. The third kappa shape index (κ3) is 6.72. The summed E-state index contributed by atoms with van der Waals surface area (Å²) in [5, 5.41) is 16.9. The molecule has 28 heavy (non-hydrogen) atoms. The van der Waals surface area contributed by atoms with Crippen molar-refractivity contribution in [1.29, 1.82) is 5.26 Å². The van der Waals surface area contributed by atoms with Crippen LogP contribution in [0.25, 0.3) is 0 Å². The Bertz CT molecular complexity index is 829. The lowest BCUT2D eigenvalue weighted by Crippen LogP contribution is -2.49. The molecule has 0 aliphatic heterocycles. The largest absolute Gasteiger partial charge is 0.350 e. The van der Waals surface area contributed by atoms with E-state index in [1.807, 2.05) is 13.0 Å². The number of rotatable bonds is 8. The second-order valence-electron chi connectivity index (χ2n) is 6.32. The van der Waals surface area contributed by atoms with E-state index < -0.39 is 12.1 Å². The molecule has 2 aromatic rings. The molecule has 3 amide bonds. The Kier molecular flexibility index (Phi) is 7.97. The fourth-order valence-corrected chi connectivity index (χ4v) is 2.56. The molecule has 2 aromatic carbocycles. The summed E-state index contributed by atoms with van der Waals surface area (Å²) >= 11 is 0. The van der Waals surface area contributed by atoms with E-state index in [4.69, 9.17) is 5.26 Å². The maximum absolute atomic E-state index is 12.9. The van der Waals surface area contributed by atoms with Crippen LogP contribution in [0.4, 0.5) is 9.18 Å². The fourth-order valence-electron chi connectivity index (χ4n) is 2.56. The Labute approximate surface area is 163 Å². The molecular weight excluding hydrogens is 359 g/mol. The van der Waals surface area contributed by atoms with Crippen LogP contribution in [-0.2, 0) is 17.9 Å². The standard InChI is InChI=1S/C21H23FN4O2/c1-2-3-19(20(27)24-13-16-6-4-15(12-23)5-7-16)26-21(28)25-14-17-8-10-18(22)11-9-17/h4-11,19H,2-3,13-14H2,1H3,(H,24,27)(H2,25,26,28). The van der Waals surface area contributed by atoms with E-state index in [2.05, 4.69) is 16.0 Å². The molecule has 0 spiro atoms. The number of nitrogens with zero attached hydrogens (tertiary/aromatic N) is 1. The van der Waals surface area contributed by atoms with Crippen LogP contribution in [0.3, 0.4) is 0 Å². The topological polar surface area (TPSA) is 94.0 Å². The van der Waals surface area contributed by atoms with Crippen LogP contribution < -0.4 is 16.0 Å². The first-order valence-corrected chi connectivity index (χ1v) is 9.07. The lowest BCUT2D eigenvalue weighted by atomic mass is 10.1. The third-order valence-electron chi connectivity index (χ3n) is 4.12. The molecule has 1 atom stereocenters. The van der Waals surface area contributed by atoms with Gasteiger partial charge in [0, 0.05) is 13.1 Å². The normalized spacial score (nSPS) is 11.2. The average Bonchev–Trinajstić information content (AvgIpc) is 2.71. The van der Waals surface area contributed by atoms with Crippen LogP contribution in [0.2, 0.25) is 0 Å². The van der Waals surface area contributed by atoms with E-state index in [0.29, 0.717) is 18.5 Å². The van der Waals surface area contributed by atoms with Gasteiger partial charge in [-0.1, -0.05) is 37.6 Å². The molecule has 0 aliphatic carbocycles. The van der Waals surface area contributed by atoms with Crippen molar-refractivity contribution in [3.8, 4) is 6.07 Å². The molecule has 6 nitrogen and oxygen atoms in total. The molecule has 0 fully saturated rings. The maximum Gasteiger partial charge on any atom is 0.315 e. The lowest BCUT2D eigenvalue weighted by Gasteiger charge is -2.18. The summed E-state index contributed by atoms with van der Waals surface area (Å²) in [6.07, 6.45) is 1.23. The minimum Gasteiger partial charge on any atom is -0.350 e. The number of nitriles is 1. The molecular formula is C21H23FN4O2. The number of hydrogen-bond donors (Lipinski definition) is 3. The minimum absolute atomic E-state index is 0.234. The maximum atomic E-state index is 12.9. The number of halogens is 1. The molecule has 0 aromatic heterocycles. The van der Waals surface area contributed by atoms with E-state index in [1.54, 1.807) is 36.4 Å². The second-order valence-corrected chi connectivity index (χ2v) is 6.32. The predicted molar refractivity (Wildman–Crippen MR) is 103 cm³/mol. The predicted octanol–water partition coefficient (Wildman–Crippen LogP) is 2.98. The van der Waals surface area contributed by atoms with Crippen LogP contribution in [0.15, 0.2) is 48.5 Å². The zero-order valence-corrected chi connectivity index (χ0v) is 15.7. The van der Waals surface area contributed by atoms with Crippen molar-refractivity contribution in [3.63, 3.8) is 0 Å². The van der Waals surface area contributed by atoms with E-state index in [1.165, 1.54) is 12.1 Å². The Morgan fingerprint density at radius 1 is 1.00 bits per heavy atom. The highest BCUT2D eigenvalue weighted by Gasteiger charge is 2.19. The highest BCUT2D eigenvalue weighted by molar-refractivity contribution is 5.86. The van der Waals surface area contributed by atoms with Gasteiger partial charge in [0.05, 0.1) is 11.6 Å². The number of carbonyl (C=O) groups excluding carboxylic acids is 2. The molecule has 0 aliphatic rings. The molecule has 7 heteroatoms. The van der Waals surface area contributed by atoms with Crippen molar-refractivity contribution >= 4 is 11.9 Å². The van der Waals surface area contributed by atoms with E-state index in [9.17, 15) is 14.0 Å². The van der Waals surface area contributed by atoms with Crippen molar-refractivity contribution in [3.05, 3.63) is 71.0 Å². The van der Waals surface area contributed by atoms with Gasteiger partial charge in [0.1, 0.15) is 11.9 Å². The summed E-state index contributed by atoms with van der Waals surface area (Å²) in [4.78, 5) is 24.5. The van der Waals surface area contributed by atoms with Crippen molar-refractivity contribution in [2.45, 2.75) is 38.9 Å². The van der Waals surface area contributed by atoms with Gasteiger partial charge in [-0.15, -0.1) is 0 Å². The van der Waals surface area contributed by atoms with Crippen LogP contribution in [0, 0.1) is 17.1 Å². The van der Waals surface area contributed by atoms with Gasteiger partial charge >= 0.3 is 6.03 Å². The monoisotopic (exact) mass is 382 g/mol. The van der Waals surface area contributed by atoms with E-state index in [-0.39, 0.29) is 18.3 Å². The first-order chi connectivity index (χ1) is 13.5. The minimum atomic E-state index is -0.656. The van der Waals surface area contributed by atoms with Crippen molar-refractivity contribution < 1.29 is 14.0 Å². The van der Waals surface area contributed by atoms with Gasteiger partial charge in [0.25, 0.3) is 0 Å². The fraction of sp³-hybridized carbons (Fsp3) is 0.286. The number of hydrogen-bond acceptors (Lipinski definition) is 3. The molecule has 0 radical (unpaired) electrons. The second kappa shape index (κ2) is 10.7. The van der Waals surface area contributed by atoms with Gasteiger partial charge in [-0.2, -0.15) is 5.26 Å². The van der Waals surface area contributed by atoms with Crippen LogP contribution in [-0.4, -0.2) is 18.0 Å². The van der Waals surface area contributed by atoms with Crippen molar-refractivity contribution in [2.75, 3.05) is 0 Å². The highest BCUT2D eigenvalue weighted by atomic mass is 19.1. The molecule has 0 bridgehead atoms. The molecule has 3 N–H and O–H groups in total. The number of carbonyl (C=O) groups is 2. The zero-order chi connectivity index (χ0) is 20.4. The van der Waals surface area contributed by atoms with Crippen molar-refractivity contribution in [1.82, 2.24) is 16.0 Å². The molecule has 0 saturated heterocycles. The van der Waals surface area contributed by atoms with Gasteiger partial charge in [-0.05, 0) is 41.8 Å². The van der Waals surface area contributed by atoms with E-state index >= 15 is 0 Å². The van der Waals surface area contributed by atoms with E-state index in [0.717, 1.165) is 17.5 Å². The number of urea groups is 1. The number of amides is 3. The summed E-state index contributed by atoms with van der Waals surface area (Å²) < 4.78 is 12.9. The van der Waals surface area contributed by atoms with Crippen LogP contribution >= 0.6 is 0 Å². The molecule has 146 valence electrons. The zero-order valence-electron chi connectivity index (χ0n) is 15.7. The van der Waals surface area contributed by atoms with Gasteiger partial charge in [-0.25, -0.2) is 9.18 Å². The van der Waals surface area contributed by atoms with Crippen LogP contribution in [0.5, 0.6) is 0 Å². The number of nitrogens with one attached hydrogen (secondary N) is 3. The first-order valence-electron chi connectivity index (χ1n) is 9.07. The van der Waals surface area contributed by atoms with Gasteiger partial charge in [-0.3, -0.25) is 4.79 Å². The summed E-state index contributed by atoms with van der Waals surface area (Å²) in [7, 11) is 0. The molecule has 2 rings (SSSR count). The van der Waals surface area contributed by atoms with Gasteiger partial charge < -0.3 is 16.0 Å². The van der Waals surface area contributed by atoms with Crippen molar-refractivity contribution in [2.24, 2.45) is 0 Å². The Morgan fingerprint density at radius 2 is 1.57 bits per heavy atom. The summed E-state index contributed by atoms with van der Waals surface area (Å²) in [6, 6.07) is 13.7. The Balaban J connectivity index is 1.84. The summed E-state index contributed by atoms with van der Waals surface area (Å²) in [5.41, 5.74) is 2.18. The molecule has 0 heterocycles. The summed E-state index contributed by atoms with van der Waals surface area (Å²) in [5.74, 6) is -0.613. The molecule has 1 unspecified atom stereocenters. The lowest BCUT2D eigenvalue weighted by molar-refractivity contribution is -0.123.